The van der Waals surface area contributed by atoms with Gasteiger partial charge in [-0.2, -0.15) is 5.10 Å². The van der Waals surface area contributed by atoms with Gasteiger partial charge in [0.05, 0.1) is 23.7 Å². The van der Waals surface area contributed by atoms with Crippen LogP contribution in [0.2, 0.25) is 0 Å². The van der Waals surface area contributed by atoms with E-state index in [-0.39, 0.29) is 6.10 Å². The third kappa shape index (κ3) is 3.47. The molecule has 0 bridgehead atoms. The molecule has 1 atom stereocenters. The molecule has 2 heterocycles. The van der Waals surface area contributed by atoms with E-state index in [4.69, 9.17) is 9.47 Å². The van der Waals surface area contributed by atoms with Crippen LogP contribution >= 0.6 is 0 Å². The van der Waals surface area contributed by atoms with Crippen LogP contribution in [0.25, 0.3) is 0 Å². The fourth-order valence-corrected chi connectivity index (χ4v) is 2.12. The summed E-state index contributed by atoms with van der Waals surface area (Å²) in [7, 11) is 1.71. The molecule has 0 fully saturated rings. The van der Waals surface area contributed by atoms with Crippen LogP contribution in [-0.4, -0.2) is 34.7 Å². The summed E-state index contributed by atoms with van der Waals surface area (Å²) in [4.78, 5) is 11.8. The third-order valence-corrected chi connectivity index (χ3v) is 3.00. The summed E-state index contributed by atoms with van der Waals surface area (Å²) in [6.45, 7) is 6.31. The lowest BCUT2D eigenvalue weighted by Gasteiger charge is -2.23. The minimum absolute atomic E-state index is 0.184. The Kier molecular flexibility index (Phi) is 3.80. The number of nitrogens with zero attached hydrogens (tertiary/aromatic N) is 2. The van der Waals surface area contributed by atoms with E-state index < -0.39 is 11.7 Å². The Morgan fingerprint density at radius 1 is 1.53 bits per heavy atom. The molecule has 1 N–H and O–H groups in total. The molecule has 0 saturated carbocycles. The second-order valence-electron chi connectivity index (χ2n) is 5.71. The molecule has 0 saturated heterocycles. The highest BCUT2D eigenvalue weighted by molar-refractivity contribution is 5.85. The number of fused-ring (bicyclic) bond motifs is 1. The minimum atomic E-state index is -0.508. The molecular formula is C13H21N3O3. The topological polar surface area (TPSA) is 65.4 Å². The first kappa shape index (κ1) is 13.9. The van der Waals surface area contributed by atoms with Gasteiger partial charge in [-0.25, -0.2) is 4.79 Å². The van der Waals surface area contributed by atoms with Crippen LogP contribution in [-0.2, 0) is 22.4 Å². The van der Waals surface area contributed by atoms with Crippen LogP contribution in [0.5, 0.6) is 0 Å². The highest BCUT2D eigenvalue weighted by Crippen LogP contribution is 2.24. The number of aryl methyl sites for hydroxylation is 1. The van der Waals surface area contributed by atoms with Crippen LogP contribution in [0.3, 0.4) is 0 Å². The van der Waals surface area contributed by atoms with E-state index in [2.05, 4.69) is 10.4 Å². The van der Waals surface area contributed by atoms with E-state index >= 15 is 0 Å². The highest BCUT2D eigenvalue weighted by atomic mass is 16.6. The Bertz CT molecular complexity index is 462. The Hall–Kier alpha value is -1.56. The number of aromatic nitrogens is 2. The molecule has 2 rings (SSSR count). The Morgan fingerprint density at radius 3 is 2.89 bits per heavy atom. The van der Waals surface area contributed by atoms with Crippen molar-refractivity contribution in [2.24, 2.45) is 0 Å². The normalized spacial score (nSPS) is 18.8. The fraction of sp³-hybridized carbons (Fsp3) is 0.692. The van der Waals surface area contributed by atoms with E-state index in [1.807, 2.05) is 25.5 Å². The van der Waals surface area contributed by atoms with E-state index in [1.54, 1.807) is 13.3 Å². The van der Waals surface area contributed by atoms with E-state index in [0.717, 1.165) is 25.1 Å². The number of nitrogens with one attached hydrogen (secondary N) is 1. The van der Waals surface area contributed by atoms with Crippen molar-refractivity contribution in [2.75, 3.05) is 12.4 Å². The number of amides is 1. The van der Waals surface area contributed by atoms with E-state index in [0.29, 0.717) is 5.69 Å². The standard InChI is InChI=1S/C13H21N3O3/c1-13(2,3)19-12(17)15-10-8-14-16-6-5-9(18-4)7-11(10)16/h8-9H,5-7H2,1-4H3,(H,15,17). The number of anilines is 1. The number of rotatable bonds is 2. The summed E-state index contributed by atoms with van der Waals surface area (Å²) in [6, 6.07) is 0. The molecule has 19 heavy (non-hydrogen) atoms. The van der Waals surface area contributed by atoms with E-state index in [1.165, 1.54) is 0 Å². The predicted octanol–water partition coefficient (Wildman–Crippen LogP) is 2.19. The van der Waals surface area contributed by atoms with Crippen molar-refractivity contribution >= 4 is 11.8 Å². The van der Waals surface area contributed by atoms with Gasteiger partial charge in [0.25, 0.3) is 0 Å². The molecular weight excluding hydrogens is 246 g/mol. The molecule has 1 aromatic heterocycles. The summed E-state index contributed by atoms with van der Waals surface area (Å²) >= 11 is 0. The molecule has 6 nitrogen and oxygen atoms in total. The number of carbonyl (C=O) groups is 1. The van der Waals surface area contributed by atoms with Gasteiger partial charge < -0.3 is 9.47 Å². The first-order valence-corrected chi connectivity index (χ1v) is 6.46. The van der Waals surface area contributed by atoms with Gasteiger partial charge in [0, 0.05) is 20.1 Å². The van der Waals surface area contributed by atoms with Gasteiger partial charge in [-0.15, -0.1) is 0 Å². The molecule has 0 aromatic carbocycles. The van der Waals surface area contributed by atoms with Crippen molar-refractivity contribution in [1.82, 2.24) is 9.78 Å². The van der Waals surface area contributed by atoms with Crippen LogP contribution in [0, 0.1) is 0 Å². The molecule has 1 unspecified atom stereocenters. The third-order valence-electron chi connectivity index (χ3n) is 3.00. The summed E-state index contributed by atoms with van der Waals surface area (Å²) in [5, 5.41) is 7.02. The second kappa shape index (κ2) is 5.21. The maximum atomic E-state index is 11.8. The lowest BCUT2D eigenvalue weighted by atomic mass is 10.1. The molecule has 1 amide bonds. The fourth-order valence-electron chi connectivity index (χ4n) is 2.12. The van der Waals surface area contributed by atoms with E-state index in [9.17, 15) is 4.79 Å². The number of methoxy groups -OCH3 is 1. The molecule has 1 aromatic rings. The Labute approximate surface area is 113 Å². The van der Waals surface area contributed by atoms with Crippen molar-refractivity contribution in [1.29, 1.82) is 0 Å². The van der Waals surface area contributed by atoms with Gasteiger partial charge >= 0.3 is 6.09 Å². The summed E-state index contributed by atoms with van der Waals surface area (Å²) < 4.78 is 12.5. The van der Waals surface area contributed by atoms with Gasteiger partial charge in [0.15, 0.2) is 0 Å². The van der Waals surface area contributed by atoms with Crippen molar-refractivity contribution in [3.63, 3.8) is 0 Å². The number of ether oxygens (including phenoxy) is 2. The number of hydrogen-bond acceptors (Lipinski definition) is 4. The first-order valence-electron chi connectivity index (χ1n) is 6.46. The zero-order valence-electron chi connectivity index (χ0n) is 11.9. The van der Waals surface area contributed by atoms with Crippen LogP contribution in [0.15, 0.2) is 6.20 Å². The zero-order valence-corrected chi connectivity index (χ0v) is 11.9. The molecule has 0 radical (unpaired) electrons. The number of hydrogen-bond donors (Lipinski definition) is 1. The predicted molar refractivity (Wildman–Crippen MR) is 71.2 cm³/mol. The SMILES string of the molecule is COC1CCn2ncc(NC(=O)OC(C)(C)C)c2C1. The molecule has 0 spiro atoms. The largest absolute Gasteiger partial charge is 0.444 e. The van der Waals surface area contributed by atoms with Crippen molar-refractivity contribution in [3.8, 4) is 0 Å². The molecule has 1 aliphatic heterocycles. The van der Waals surface area contributed by atoms with Gasteiger partial charge in [0.1, 0.15) is 5.60 Å². The van der Waals surface area contributed by atoms with Gasteiger partial charge in [-0.1, -0.05) is 0 Å². The van der Waals surface area contributed by atoms with Gasteiger partial charge in [-0.05, 0) is 27.2 Å². The molecule has 1 aliphatic rings. The number of carbonyl (C=O) groups excluding carboxylic acids is 1. The lowest BCUT2D eigenvalue weighted by Crippen LogP contribution is -2.29. The smallest absolute Gasteiger partial charge is 0.412 e. The van der Waals surface area contributed by atoms with Crippen molar-refractivity contribution < 1.29 is 14.3 Å². The summed E-state index contributed by atoms with van der Waals surface area (Å²) in [5.41, 5.74) is 1.19. The summed E-state index contributed by atoms with van der Waals surface area (Å²) in [5.74, 6) is 0. The molecule has 106 valence electrons. The van der Waals surface area contributed by atoms with Crippen LogP contribution < -0.4 is 5.32 Å². The molecule has 0 aliphatic carbocycles. The Balaban J connectivity index is 2.06. The lowest BCUT2D eigenvalue weighted by molar-refractivity contribution is 0.0633. The maximum absolute atomic E-state index is 11.8. The first-order chi connectivity index (χ1) is 8.89. The second-order valence-corrected chi connectivity index (χ2v) is 5.71. The monoisotopic (exact) mass is 267 g/mol. The Morgan fingerprint density at radius 2 is 2.26 bits per heavy atom. The average molecular weight is 267 g/mol. The van der Waals surface area contributed by atoms with Gasteiger partial charge in [-0.3, -0.25) is 10.00 Å². The summed E-state index contributed by atoms with van der Waals surface area (Å²) in [6.07, 6.45) is 3.09. The quantitative estimate of drug-likeness (QED) is 0.892. The zero-order chi connectivity index (χ0) is 14.0. The minimum Gasteiger partial charge on any atom is -0.444 e. The highest BCUT2D eigenvalue weighted by Gasteiger charge is 2.24. The maximum Gasteiger partial charge on any atom is 0.412 e. The average Bonchev–Trinajstić information content (AvgIpc) is 2.69. The van der Waals surface area contributed by atoms with Crippen LogP contribution in [0.1, 0.15) is 32.9 Å². The van der Waals surface area contributed by atoms with Gasteiger partial charge in [0.2, 0.25) is 0 Å². The van der Waals surface area contributed by atoms with Crippen molar-refractivity contribution in [2.45, 2.75) is 51.9 Å². The van der Waals surface area contributed by atoms with Crippen molar-refractivity contribution in [3.05, 3.63) is 11.9 Å². The molecule has 6 heteroatoms. The van der Waals surface area contributed by atoms with Crippen LogP contribution in [0.4, 0.5) is 10.5 Å².